The van der Waals surface area contributed by atoms with Crippen molar-refractivity contribution in [1.29, 1.82) is 0 Å². The molecule has 0 saturated heterocycles. The average molecular weight is 289 g/mol. The second kappa shape index (κ2) is 7.10. The average Bonchev–Trinajstić information content (AvgIpc) is 2.98. The molecule has 1 amide bonds. The zero-order valence-corrected chi connectivity index (χ0v) is 12.7. The molecule has 2 rings (SSSR count). The molecule has 0 N–H and O–H groups in total. The molecule has 0 fully saturated rings. The Morgan fingerprint density at radius 1 is 1.25 bits per heavy atom. The summed E-state index contributed by atoms with van der Waals surface area (Å²) in [5.41, 5.74) is 0.935. The number of hydrogen-bond acceptors (Lipinski definition) is 3. The molecule has 0 bridgehead atoms. The summed E-state index contributed by atoms with van der Waals surface area (Å²) in [6.45, 7) is 3.40. The second-order valence-corrected chi connectivity index (χ2v) is 5.51. The molecule has 106 valence electrons. The van der Waals surface area contributed by atoms with Gasteiger partial charge in [0.2, 0.25) is 5.91 Å². The van der Waals surface area contributed by atoms with Gasteiger partial charge in [-0.2, -0.15) is 0 Å². The largest absolute Gasteiger partial charge is 0.496 e. The van der Waals surface area contributed by atoms with Gasteiger partial charge in [0, 0.05) is 17.0 Å². The molecule has 2 aromatic rings. The van der Waals surface area contributed by atoms with E-state index in [0.717, 1.165) is 11.3 Å². The Bertz CT molecular complexity index is 551. The van der Waals surface area contributed by atoms with Crippen LogP contribution in [0.3, 0.4) is 0 Å². The van der Waals surface area contributed by atoms with Crippen molar-refractivity contribution in [3.8, 4) is 5.75 Å². The summed E-state index contributed by atoms with van der Waals surface area (Å²) in [6, 6.07) is 11.7. The number of carbonyl (C=O) groups excluding carboxylic acids is 1. The number of likely N-dealkylation sites (N-methyl/N-ethyl adjacent to an activating group) is 1. The van der Waals surface area contributed by atoms with E-state index in [9.17, 15) is 4.79 Å². The molecule has 20 heavy (non-hydrogen) atoms. The lowest BCUT2D eigenvalue weighted by molar-refractivity contribution is -0.130. The quantitative estimate of drug-likeness (QED) is 0.816. The highest BCUT2D eigenvalue weighted by Gasteiger charge is 2.15. The molecular formula is C16H19NO2S. The van der Waals surface area contributed by atoms with Gasteiger partial charge < -0.3 is 9.64 Å². The van der Waals surface area contributed by atoms with Gasteiger partial charge in [-0.25, -0.2) is 0 Å². The maximum Gasteiger partial charge on any atom is 0.227 e. The number of para-hydroxylation sites is 1. The van der Waals surface area contributed by atoms with Crippen LogP contribution in [0.5, 0.6) is 5.75 Å². The van der Waals surface area contributed by atoms with Gasteiger partial charge in [-0.1, -0.05) is 24.3 Å². The number of carbonyl (C=O) groups is 1. The van der Waals surface area contributed by atoms with Crippen LogP contribution in [0.1, 0.15) is 17.4 Å². The zero-order chi connectivity index (χ0) is 14.4. The number of rotatable bonds is 6. The Morgan fingerprint density at radius 3 is 2.70 bits per heavy atom. The fraction of sp³-hybridized carbons (Fsp3) is 0.312. The molecule has 0 aliphatic heterocycles. The molecule has 1 aromatic heterocycles. The first-order chi connectivity index (χ1) is 9.74. The van der Waals surface area contributed by atoms with Crippen molar-refractivity contribution in [2.75, 3.05) is 13.7 Å². The molecule has 0 unspecified atom stereocenters. The van der Waals surface area contributed by atoms with Crippen molar-refractivity contribution in [2.24, 2.45) is 0 Å². The highest BCUT2D eigenvalue weighted by atomic mass is 32.1. The summed E-state index contributed by atoms with van der Waals surface area (Å²) in [4.78, 5) is 15.5. The van der Waals surface area contributed by atoms with Crippen LogP contribution in [0.2, 0.25) is 0 Å². The Balaban J connectivity index is 2.05. The Morgan fingerprint density at radius 2 is 2.05 bits per heavy atom. The normalized spacial score (nSPS) is 10.3. The van der Waals surface area contributed by atoms with E-state index in [2.05, 4.69) is 6.07 Å². The molecule has 0 saturated carbocycles. The number of methoxy groups -OCH3 is 1. The maximum atomic E-state index is 12.4. The van der Waals surface area contributed by atoms with Crippen molar-refractivity contribution in [3.63, 3.8) is 0 Å². The third-order valence-corrected chi connectivity index (χ3v) is 4.06. The van der Waals surface area contributed by atoms with Gasteiger partial charge in [0.25, 0.3) is 0 Å². The number of benzene rings is 1. The second-order valence-electron chi connectivity index (χ2n) is 4.48. The van der Waals surface area contributed by atoms with Crippen molar-refractivity contribution in [2.45, 2.75) is 19.9 Å². The van der Waals surface area contributed by atoms with Crippen molar-refractivity contribution in [1.82, 2.24) is 4.90 Å². The highest BCUT2D eigenvalue weighted by molar-refractivity contribution is 7.09. The first-order valence-corrected chi connectivity index (χ1v) is 7.54. The summed E-state index contributed by atoms with van der Waals surface area (Å²) in [5.74, 6) is 0.901. The van der Waals surface area contributed by atoms with Gasteiger partial charge in [0.05, 0.1) is 20.1 Å². The van der Waals surface area contributed by atoms with Crippen molar-refractivity contribution >= 4 is 17.2 Å². The molecule has 1 heterocycles. The third kappa shape index (κ3) is 3.61. The van der Waals surface area contributed by atoms with E-state index in [-0.39, 0.29) is 5.91 Å². The Hall–Kier alpha value is -1.81. The molecule has 0 aliphatic carbocycles. The van der Waals surface area contributed by atoms with Gasteiger partial charge in [-0.05, 0) is 24.4 Å². The van der Waals surface area contributed by atoms with Gasteiger partial charge in [0.15, 0.2) is 0 Å². The summed E-state index contributed by atoms with van der Waals surface area (Å²) in [5, 5.41) is 2.04. The molecule has 0 spiro atoms. The van der Waals surface area contributed by atoms with Crippen LogP contribution in [-0.4, -0.2) is 24.5 Å². The Kier molecular flexibility index (Phi) is 5.18. The molecule has 4 heteroatoms. The van der Waals surface area contributed by atoms with Gasteiger partial charge in [0.1, 0.15) is 5.75 Å². The number of nitrogens with zero attached hydrogens (tertiary/aromatic N) is 1. The van der Waals surface area contributed by atoms with E-state index in [1.807, 2.05) is 47.5 Å². The third-order valence-electron chi connectivity index (χ3n) is 3.20. The predicted octanol–water partition coefficient (Wildman–Crippen LogP) is 3.35. The van der Waals surface area contributed by atoms with E-state index < -0.39 is 0 Å². The smallest absolute Gasteiger partial charge is 0.227 e. The minimum absolute atomic E-state index is 0.130. The SMILES string of the molecule is CCN(Cc1cccs1)C(=O)Cc1ccccc1OC. The van der Waals surface area contributed by atoms with E-state index in [1.54, 1.807) is 18.4 Å². The zero-order valence-electron chi connectivity index (χ0n) is 11.8. The fourth-order valence-corrected chi connectivity index (χ4v) is 2.81. The van der Waals surface area contributed by atoms with Crippen LogP contribution < -0.4 is 4.74 Å². The fourth-order valence-electron chi connectivity index (χ4n) is 2.09. The molecular weight excluding hydrogens is 270 g/mol. The molecule has 0 aliphatic rings. The summed E-state index contributed by atoms with van der Waals surface area (Å²) in [6.07, 6.45) is 0.378. The number of hydrogen-bond donors (Lipinski definition) is 0. The molecule has 1 aromatic carbocycles. The topological polar surface area (TPSA) is 29.5 Å². The molecule has 0 radical (unpaired) electrons. The van der Waals surface area contributed by atoms with Crippen LogP contribution in [0.15, 0.2) is 41.8 Å². The lowest BCUT2D eigenvalue weighted by atomic mass is 10.1. The monoisotopic (exact) mass is 289 g/mol. The molecule has 0 atom stereocenters. The van der Waals surface area contributed by atoms with Crippen LogP contribution in [0.25, 0.3) is 0 Å². The van der Waals surface area contributed by atoms with E-state index in [1.165, 1.54) is 4.88 Å². The maximum absolute atomic E-state index is 12.4. The summed E-state index contributed by atoms with van der Waals surface area (Å²) < 4.78 is 5.30. The van der Waals surface area contributed by atoms with E-state index in [0.29, 0.717) is 19.5 Å². The lowest BCUT2D eigenvalue weighted by Crippen LogP contribution is -2.31. The van der Waals surface area contributed by atoms with E-state index in [4.69, 9.17) is 4.74 Å². The van der Waals surface area contributed by atoms with Gasteiger partial charge in [-0.3, -0.25) is 4.79 Å². The van der Waals surface area contributed by atoms with Crippen molar-refractivity contribution < 1.29 is 9.53 Å². The van der Waals surface area contributed by atoms with Crippen molar-refractivity contribution in [3.05, 3.63) is 52.2 Å². The minimum atomic E-state index is 0.130. The first kappa shape index (κ1) is 14.6. The number of thiophene rings is 1. The van der Waals surface area contributed by atoms with E-state index >= 15 is 0 Å². The predicted molar refractivity (Wildman–Crippen MR) is 82.1 cm³/mol. The van der Waals surface area contributed by atoms with Gasteiger partial charge >= 0.3 is 0 Å². The minimum Gasteiger partial charge on any atom is -0.496 e. The van der Waals surface area contributed by atoms with Gasteiger partial charge in [-0.15, -0.1) is 11.3 Å². The lowest BCUT2D eigenvalue weighted by Gasteiger charge is -2.20. The highest BCUT2D eigenvalue weighted by Crippen LogP contribution is 2.19. The summed E-state index contributed by atoms with van der Waals surface area (Å²) in [7, 11) is 1.63. The molecule has 3 nitrogen and oxygen atoms in total. The Labute approximate surface area is 123 Å². The summed E-state index contributed by atoms with van der Waals surface area (Å²) >= 11 is 1.68. The van der Waals surface area contributed by atoms with Crippen LogP contribution in [0, 0.1) is 0 Å². The number of amides is 1. The van der Waals surface area contributed by atoms with Crippen LogP contribution >= 0.6 is 11.3 Å². The van der Waals surface area contributed by atoms with Crippen LogP contribution in [0.4, 0.5) is 0 Å². The first-order valence-electron chi connectivity index (χ1n) is 6.66. The standard InChI is InChI=1S/C16H19NO2S/c1-3-17(12-14-8-6-10-20-14)16(18)11-13-7-4-5-9-15(13)19-2/h4-10H,3,11-12H2,1-2H3. The van der Waals surface area contributed by atoms with Crippen LogP contribution in [-0.2, 0) is 17.8 Å². The number of ether oxygens (including phenoxy) is 1.